The van der Waals surface area contributed by atoms with Gasteiger partial charge < -0.3 is 9.84 Å². The van der Waals surface area contributed by atoms with Crippen molar-refractivity contribution in [2.75, 3.05) is 0 Å². The summed E-state index contributed by atoms with van der Waals surface area (Å²) in [5.41, 5.74) is 2.74. The van der Waals surface area contributed by atoms with Crippen molar-refractivity contribution in [2.24, 2.45) is 17.3 Å². The van der Waals surface area contributed by atoms with Gasteiger partial charge in [0.25, 0.3) is 0 Å². The SMILES string of the molecule is Cc1ccc2cc(COC(=O)C34CC5CC(CC(O)(C5)C3)C4)c(Cl)nc2c1C. The number of pyridine rings is 1. The van der Waals surface area contributed by atoms with Crippen LogP contribution in [0.15, 0.2) is 18.2 Å². The minimum absolute atomic E-state index is 0.128. The molecule has 0 amide bonds. The quantitative estimate of drug-likeness (QED) is 0.590. The summed E-state index contributed by atoms with van der Waals surface area (Å²) in [6.07, 6.45) is 5.10. The smallest absolute Gasteiger partial charge is 0.312 e. The Morgan fingerprint density at radius 3 is 2.64 bits per heavy atom. The Balaban J connectivity index is 1.37. The Morgan fingerprint density at radius 2 is 1.96 bits per heavy atom. The molecule has 0 aliphatic heterocycles. The molecule has 6 rings (SSSR count). The van der Waals surface area contributed by atoms with E-state index in [0.717, 1.165) is 54.1 Å². The number of esters is 1. The fraction of sp³-hybridized carbons (Fsp3) is 0.565. The lowest BCUT2D eigenvalue weighted by Gasteiger charge is -2.58. The van der Waals surface area contributed by atoms with Gasteiger partial charge in [-0.05, 0) is 81.4 Å². The topological polar surface area (TPSA) is 59.4 Å². The average molecular weight is 400 g/mol. The number of nitrogens with zero attached hydrogens (tertiary/aromatic N) is 1. The zero-order valence-corrected chi connectivity index (χ0v) is 17.2. The number of aryl methyl sites for hydroxylation is 2. The van der Waals surface area contributed by atoms with Crippen LogP contribution in [0.5, 0.6) is 0 Å². The van der Waals surface area contributed by atoms with Gasteiger partial charge >= 0.3 is 5.97 Å². The zero-order valence-electron chi connectivity index (χ0n) is 16.4. The predicted octanol–water partition coefficient (Wildman–Crippen LogP) is 4.88. The van der Waals surface area contributed by atoms with Gasteiger partial charge in [-0.1, -0.05) is 23.7 Å². The molecule has 4 aliphatic rings. The van der Waals surface area contributed by atoms with Crippen LogP contribution in [0.3, 0.4) is 0 Å². The van der Waals surface area contributed by atoms with Gasteiger partial charge in [0.05, 0.1) is 16.5 Å². The van der Waals surface area contributed by atoms with Crippen molar-refractivity contribution in [1.29, 1.82) is 0 Å². The largest absolute Gasteiger partial charge is 0.460 e. The second-order valence-corrected chi connectivity index (χ2v) is 9.92. The van der Waals surface area contributed by atoms with E-state index in [1.54, 1.807) is 0 Å². The van der Waals surface area contributed by atoms with Crippen LogP contribution < -0.4 is 0 Å². The molecule has 4 saturated carbocycles. The number of benzene rings is 1. The fourth-order valence-corrected chi connectivity index (χ4v) is 6.55. The van der Waals surface area contributed by atoms with Gasteiger partial charge in [0, 0.05) is 10.9 Å². The number of fused-ring (bicyclic) bond motifs is 1. The molecule has 1 N–H and O–H groups in total. The molecule has 148 valence electrons. The van der Waals surface area contributed by atoms with Crippen molar-refractivity contribution in [1.82, 2.24) is 4.98 Å². The molecule has 4 fully saturated rings. The van der Waals surface area contributed by atoms with E-state index in [-0.39, 0.29) is 12.6 Å². The monoisotopic (exact) mass is 399 g/mol. The standard InChI is InChI=1S/C23H26ClNO3/c1-13-3-4-17-6-18(20(24)25-19(17)14(13)2)11-28-21(26)22-7-15-5-16(8-22)10-23(27,9-15)12-22/h3-4,6,15-16,27H,5,7-12H2,1-2H3. The molecular weight excluding hydrogens is 374 g/mol. The molecule has 0 radical (unpaired) electrons. The second kappa shape index (κ2) is 6.17. The molecule has 5 heteroatoms. The summed E-state index contributed by atoms with van der Waals surface area (Å²) in [7, 11) is 0. The molecule has 1 heterocycles. The van der Waals surface area contributed by atoms with Gasteiger partial charge in [-0.2, -0.15) is 0 Å². The van der Waals surface area contributed by atoms with Crippen LogP contribution in [0.1, 0.15) is 55.2 Å². The van der Waals surface area contributed by atoms with E-state index in [0.29, 0.717) is 23.4 Å². The van der Waals surface area contributed by atoms with E-state index in [9.17, 15) is 9.90 Å². The maximum atomic E-state index is 13.1. The molecule has 2 aromatic rings. The number of hydrogen-bond acceptors (Lipinski definition) is 4. The summed E-state index contributed by atoms with van der Waals surface area (Å²) in [5.74, 6) is 0.739. The van der Waals surface area contributed by atoms with Crippen molar-refractivity contribution >= 4 is 28.5 Å². The number of carbonyl (C=O) groups is 1. The molecule has 0 spiro atoms. The fourth-order valence-electron chi connectivity index (χ4n) is 6.35. The first-order chi connectivity index (χ1) is 13.3. The van der Waals surface area contributed by atoms with E-state index in [1.165, 1.54) is 5.56 Å². The third kappa shape index (κ3) is 2.84. The van der Waals surface area contributed by atoms with Gasteiger partial charge in [0.1, 0.15) is 11.8 Å². The molecule has 2 atom stereocenters. The number of carbonyl (C=O) groups excluding carboxylic acids is 1. The maximum Gasteiger partial charge on any atom is 0.312 e. The Bertz CT molecular complexity index is 971. The maximum absolute atomic E-state index is 13.1. The summed E-state index contributed by atoms with van der Waals surface area (Å²) in [6, 6.07) is 6.07. The molecular formula is C23H26ClNO3. The van der Waals surface area contributed by atoms with Crippen LogP contribution in [-0.4, -0.2) is 21.7 Å². The van der Waals surface area contributed by atoms with Crippen molar-refractivity contribution < 1.29 is 14.6 Å². The number of hydrogen-bond donors (Lipinski definition) is 1. The second-order valence-electron chi connectivity index (χ2n) is 9.56. The predicted molar refractivity (Wildman–Crippen MR) is 108 cm³/mol. The average Bonchev–Trinajstić information content (AvgIpc) is 2.61. The normalized spacial score (nSPS) is 33.4. The molecule has 1 aromatic heterocycles. The third-order valence-electron chi connectivity index (χ3n) is 7.36. The summed E-state index contributed by atoms with van der Waals surface area (Å²) in [6.45, 7) is 4.22. The van der Waals surface area contributed by atoms with Gasteiger partial charge in [-0.25, -0.2) is 4.98 Å². The van der Waals surface area contributed by atoms with Crippen LogP contribution in [0.2, 0.25) is 5.15 Å². The zero-order chi connectivity index (χ0) is 19.7. The Hall–Kier alpha value is -1.65. The third-order valence-corrected chi connectivity index (χ3v) is 7.69. The molecule has 4 bridgehead atoms. The van der Waals surface area contributed by atoms with E-state index in [1.807, 2.05) is 19.1 Å². The number of ether oxygens (including phenoxy) is 1. The molecule has 2 unspecified atom stereocenters. The summed E-state index contributed by atoms with van der Waals surface area (Å²) in [5, 5.41) is 12.3. The van der Waals surface area contributed by atoms with Crippen molar-refractivity contribution in [3.8, 4) is 0 Å². The Kier molecular flexibility index (Phi) is 4.05. The molecule has 1 aromatic carbocycles. The van der Waals surface area contributed by atoms with Crippen LogP contribution in [0, 0.1) is 31.1 Å². The molecule has 28 heavy (non-hydrogen) atoms. The first-order valence-corrected chi connectivity index (χ1v) is 10.6. The van der Waals surface area contributed by atoms with E-state index < -0.39 is 11.0 Å². The molecule has 4 nitrogen and oxygen atoms in total. The van der Waals surface area contributed by atoms with Gasteiger partial charge in [-0.3, -0.25) is 4.79 Å². The minimum atomic E-state index is -0.666. The number of aliphatic hydroxyl groups is 1. The first-order valence-electron chi connectivity index (χ1n) is 10.2. The molecule has 4 aliphatic carbocycles. The van der Waals surface area contributed by atoms with Crippen molar-refractivity contribution in [3.63, 3.8) is 0 Å². The highest BCUT2D eigenvalue weighted by molar-refractivity contribution is 6.30. The number of aromatic nitrogens is 1. The lowest BCUT2D eigenvalue weighted by atomic mass is 9.48. The summed E-state index contributed by atoms with van der Waals surface area (Å²) >= 11 is 6.41. The Labute approximate surface area is 170 Å². The van der Waals surface area contributed by atoms with Crippen molar-refractivity contribution in [3.05, 3.63) is 40.0 Å². The molecule has 0 saturated heterocycles. The number of rotatable bonds is 3. The van der Waals surface area contributed by atoms with Gasteiger partial charge in [-0.15, -0.1) is 0 Å². The first kappa shape index (κ1) is 18.4. The van der Waals surface area contributed by atoms with Gasteiger partial charge in [0.15, 0.2) is 0 Å². The van der Waals surface area contributed by atoms with Crippen molar-refractivity contribution in [2.45, 2.75) is 64.6 Å². The minimum Gasteiger partial charge on any atom is -0.460 e. The van der Waals surface area contributed by atoms with E-state index >= 15 is 0 Å². The lowest BCUT2D eigenvalue weighted by molar-refractivity contribution is -0.197. The van der Waals surface area contributed by atoms with Crippen LogP contribution in [0.4, 0.5) is 0 Å². The number of halogens is 1. The lowest BCUT2D eigenvalue weighted by Crippen LogP contribution is -2.58. The summed E-state index contributed by atoms with van der Waals surface area (Å²) < 4.78 is 5.77. The van der Waals surface area contributed by atoms with Crippen LogP contribution in [0.25, 0.3) is 10.9 Å². The highest BCUT2D eigenvalue weighted by atomic mass is 35.5. The van der Waals surface area contributed by atoms with E-state index in [4.69, 9.17) is 16.3 Å². The summed E-state index contributed by atoms with van der Waals surface area (Å²) in [4.78, 5) is 17.6. The van der Waals surface area contributed by atoms with Crippen LogP contribution >= 0.6 is 11.6 Å². The van der Waals surface area contributed by atoms with E-state index in [2.05, 4.69) is 18.0 Å². The van der Waals surface area contributed by atoms with Crippen LogP contribution in [-0.2, 0) is 16.1 Å². The Morgan fingerprint density at radius 1 is 1.25 bits per heavy atom. The highest BCUT2D eigenvalue weighted by Crippen LogP contribution is 2.62. The highest BCUT2D eigenvalue weighted by Gasteiger charge is 2.60. The van der Waals surface area contributed by atoms with Gasteiger partial charge in [0.2, 0.25) is 0 Å².